The number of anilines is 1. The molecule has 0 spiro atoms. The number of nitrogens with zero attached hydrogens (tertiary/aromatic N) is 2. The summed E-state index contributed by atoms with van der Waals surface area (Å²) in [6, 6.07) is 7.60. The fourth-order valence-electron chi connectivity index (χ4n) is 2.25. The van der Waals surface area contributed by atoms with Gasteiger partial charge in [-0.3, -0.25) is 4.79 Å². The third kappa shape index (κ3) is 2.88. The Morgan fingerprint density at radius 2 is 2.25 bits per heavy atom. The standard InChI is InChI=1S/C15H20N4O/c1-4-19-14(10(2)16)9-17-15(19)12-6-5-7-13(8-12)18-11(3)20/h5-10H,4,16H2,1-3H3,(H,18,20). The monoisotopic (exact) mass is 272 g/mol. The van der Waals surface area contributed by atoms with Gasteiger partial charge in [0, 0.05) is 30.8 Å². The average Bonchev–Trinajstić information content (AvgIpc) is 2.82. The second-order valence-corrected chi connectivity index (χ2v) is 4.80. The molecule has 0 radical (unpaired) electrons. The molecule has 0 aliphatic rings. The summed E-state index contributed by atoms with van der Waals surface area (Å²) in [6.45, 7) is 6.31. The van der Waals surface area contributed by atoms with Crippen LogP contribution in [0.5, 0.6) is 0 Å². The molecule has 0 saturated carbocycles. The number of nitrogens with two attached hydrogens (primary N) is 1. The molecule has 5 heteroatoms. The number of nitrogens with one attached hydrogen (secondary N) is 1. The molecule has 1 atom stereocenters. The molecule has 0 saturated heterocycles. The summed E-state index contributed by atoms with van der Waals surface area (Å²) in [4.78, 5) is 15.6. The van der Waals surface area contributed by atoms with Crippen molar-refractivity contribution in [1.82, 2.24) is 9.55 Å². The van der Waals surface area contributed by atoms with Gasteiger partial charge in [-0.1, -0.05) is 12.1 Å². The van der Waals surface area contributed by atoms with Crippen LogP contribution in [0, 0.1) is 0 Å². The Balaban J connectivity index is 2.43. The van der Waals surface area contributed by atoms with Crippen molar-refractivity contribution >= 4 is 11.6 Å². The number of carbonyl (C=O) groups excluding carboxylic acids is 1. The minimum atomic E-state index is -0.0859. The van der Waals surface area contributed by atoms with Crippen molar-refractivity contribution in [3.05, 3.63) is 36.2 Å². The third-order valence-electron chi connectivity index (χ3n) is 3.11. The van der Waals surface area contributed by atoms with Crippen LogP contribution in [-0.4, -0.2) is 15.5 Å². The predicted molar refractivity (Wildman–Crippen MR) is 80.2 cm³/mol. The molecule has 1 aromatic heterocycles. The van der Waals surface area contributed by atoms with Gasteiger partial charge in [0.05, 0.1) is 11.9 Å². The first-order chi connectivity index (χ1) is 9.52. The molecular formula is C15H20N4O. The maximum atomic E-state index is 11.1. The number of carbonyl (C=O) groups is 1. The summed E-state index contributed by atoms with van der Waals surface area (Å²) in [5.41, 5.74) is 8.70. The van der Waals surface area contributed by atoms with Crippen LogP contribution < -0.4 is 11.1 Å². The minimum absolute atomic E-state index is 0.0604. The second-order valence-electron chi connectivity index (χ2n) is 4.80. The SMILES string of the molecule is CCn1c(C(C)N)cnc1-c1cccc(NC(C)=O)c1. The molecule has 1 amide bonds. The molecule has 0 bridgehead atoms. The molecule has 2 aromatic rings. The Bertz CT molecular complexity index is 616. The smallest absolute Gasteiger partial charge is 0.221 e. The van der Waals surface area contributed by atoms with Gasteiger partial charge >= 0.3 is 0 Å². The van der Waals surface area contributed by atoms with E-state index in [1.54, 1.807) is 0 Å². The van der Waals surface area contributed by atoms with Gasteiger partial charge in [-0.05, 0) is 26.0 Å². The number of rotatable bonds is 4. The van der Waals surface area contributed by atoms with Crippen molar-refractivity contribution in [2.24, 2.45) is 5.73 Å². The van der Waals surface area contributed by atoms with E-state index < -0.39 is 0 Å². The highest BCUT2D eigenvalue weighted by Crippen LogP contribution is 2.24. The fourth-order valence-corrected chi connectivity index (χ4v) is 2.25. The number of aromatic nitrogens is 2. The average molecular weight is 272 g/mol. The van der Waals surface area contributed by atoms with E-state index in [0.29, 0.717) is 0 Å². The normalized spacial score (nSPS) is 12.2. The van der Waals surface area contributed by atoms with Gasteiger partial charge in [0.2, 0.25) is 5.91 Å². The maximum absolute atomic E-state index is 11.1. The summed E-state index contributed by atoms with van der Waals surface area (Å²) < 4.78 is 2.09. The molecule has 1 aromatic carbocycles. The summed E-state index contributed by atoms with van der Waals surface area (Å²) >= 11 is 0. The highest BCUT2D eigenvalue weighted by Gasteiger charge is 2.13. The molecule has 0 aliphatic heterocycles. The fraction of sp³-hybridized carbons (Fsp3) is 0.333. The second kappa shape index (κ2) is 5.88. The molecule has 0 aliphatic carbocycles. The molecular weight excluding hydrogens is 252 g/mol. The minimum Gasteiger partial charge on any atom is -0.327 e. The lowest BCUT2D eigenvalue weighted by Crippen LogP contribution is -2.12. The van der Waals surface area contributed by atoms with Gasteiger partial charge in [-0.15, -0.1) is 0 Å². The topological polar surface area (TPSA) is 72.9 Å². The van der Waals surface area contributed by atoms with Crippen LogP contribution in [0.2, 0.25) is 0 Å². The molecule has 0 fully saturated rings. The Morgan fingerprint density at radius 3 is 2.85 bits per heavy atom. The molecule has 1 heterocycles. The molecule has 20 heavy (non-hydrogen) atoms. The van der Waals surface area contributed by atoms with E-state index in [1.807, 2.05) is 37.4 Å². The lowest BCUT2D eigenvalue weighted by Gasteiger charge is -2.12. The van der Waals surface area contributed by atoms with E-state index in [0.717, 1.165) is 29.3 Å². The Kier molecular flexibility index (Phi) is 4.20. The summed E-state index contributed by atoms with van der Waals surface area (Å²) in [7, 11) is 0. The van der Waals surface area contributed by atoms with Crippen LogP contribution in [0.1, 0.15) is 32.5 Å². The van der Waals surface area contributed by atoms with Crippen LogP contribution in [0.3, 0.4) is 0 Å². The zero-order valence-corrected chi connectivity index (χ0v) is 12.1. The van der Waals surface area contributed by atoms with E-state index in [9.17, 15) is 4.79 Å². The third-order valence-corrected chi connectivity index (χ3v) is 3.11. The van der Waals surface area contributed by atoms with E-state index >= 15 is 0 Å². The van der Waals surface area contributed by atoms with Gasteiger partial charge in [0.1, 0.15) is 5.82 Å². The van der Waals surface area contributed by atoms with E-state index in [1.165, 1.54) is 6.92 Å². The lowest BCUT2D eigenvalue weighted by atomic mass is 10.2. The van der Waals surface area contributed by atoms with Crippen molar-refractivity contribution in [3.8, 4) is 11.4 Å². The van der Waals surface area contributed by atoms with Gasteiger partial charge in [-0.25, -0.2) is 4.98 Å². The number of hydrogen-bond acceptors (Lipinski definition) is 3. The lowest BCUT2D eigenvalue weighted by molar-refractivity contribution is -0.114. The summed E-state index contributed by atoms with van der Waals surface area (Å²) in [5, 5.41) is 2.78. The first-order valence-corrected chi connectivity index (χ1v) is 6.72. The molecule has 2 rings (SSSR count). The van der Waals surface area contributed by atoms with Gasteiger partial charge in [-0.2, -0.15) is 0 Å². The highest BCUT2D eigenvalue weighted by molar-refractivity contribution is 5.89. The summed E-state index contributed by atoms with van der Waals surface area (Å²) in [5.74, 6) is 0.782. The quantitative estimate of drug-likeness (QED) is 0.898. The zero-order valence-electron chi connectivity index (χ0n) is 12.1. The van der Waals surface area contributed by atoms with Crippen LogP contribution >= 0.6 is 0 Å². The summed E-state index contributed by atoms with van der Waals surface area (Å²) in [6.07, 6.45) is 1.81. The van der Waals surface area contributed by atoms with Gasteiger partial charge in [0.25, 0.3) is 0 Å². The van der Waals surface area contributed by atoms with Crippen LogP contribution in [0.4, 0.5) is 5.69 Å². The first-order valence-electron chi connectivity index (χ1n) is 6.72. The highest BCUT2D eigenvalue weighted by atomic mass is 16.1. The Morgan fingerprint density at radius 1 is 1.50 bits per heavy atom. The van der Waals surface area contributed by atoms with Crippen molar-refractivity contribution in [3.63, 3.8) is 0 Å². The van der Waals surface area contributed by atoms with Crippen LogP contribution in [-0.2, 0) is 11.3 Å². The zero-order chi connectivity index (χ0) is 14.7. The van der Waals surface area contributed by atoms with E-state index in [2.05, 4.69) is 21.8 Å². The Hall–Kier alpha value is -2.14. The molecule has 106 valence electrons. The number of imidazole rings is 1. The number of hydrogen-bond donors (Lipinski definition) is 2. The maximum Gasteiger partial charge on any atom is 0.221 e. The van der Waals surface area contributed by atoms with Gasteiger partial charge < -0.3 is 15.6 Å². The number of amides is 1. The Labute approximate surface area is 118 Å². The van der Waals surface area contributed by atoms with Crippen LogP contribution in [0.25, 0.3) is 11.4 Å². The van der Waals surface area contributed by atoms with Crippen molar-refractivity contribution < 1.29 is 4.79 Å². The van der Waals surface area contributed by atoms with E-state index in [4.69, 9.17) is 5.73 Å². The van der Waals surface area contributed by atoms with Crippen LogP contribution in [0.15, 0.2) is 30.5 Å². The van der Waals surface area contributed by atoms with Crippen molar-refractivity contribution in [2.75, 3.05) is 5.32 Å². The van der Waals surface area contributed by atoms with Crippen molar-refractivity contribution in [2.45, 2.75) is 33.4 Å². The first kappa shape index (κ1) is 14.3. The molecule has 5 nitrogen and oxygen atoms in total. The van der Waals surface area contributed by atoms with Gasteiger partial charge in [0.15, 0.2) is 0 Å². The largest absolute Gasteiger partial charge is 0.327 e. The van der Waals surface area contributed by atoms with Crippen molar-refractivity contribution in [1.29, 1.82) is 0 Å². The number of benzene rings is 1. The predicted octanol–water partition coefficient (Wildman–Crippen LogP) is 2.55. The van der Waals surface area contributed by atoms with E-state index in [-0.39, 0.29) is 11.9 Å². The molecule has 3 N–H and O–H groups in total. The molecule has 1 unspecified atom stereocenters.